The van der Waals surface area contributed by atoms with E-state index in [1.807, 2.05) is 0 Å². The fraction of sp³-hybridized carbons (Fsp3) is 0.143. The summed E-state index contributed by atoms with van der Waals surface area (Å²) in [5.74, 6) is 0.0201. The van der Waals surface area contributed by atoms with E-state index in [0.717, 1.165) is 0 Å². The van der Waals surface area contributed by atoms with Crippen LogP contribution in [0, 0.1) is 0 Å². The first-order valence-electron chi connectivity index (χ1n) is 3.56. The van der Waals surface area contributed by atoms with E-state index in [2.05, 4.69) is 25.9 Å². The fourth-order valence-electron chi connectivity index (χ4n) is 1.04. The second kappa shape index (κ2) is 2.94. The van der Waals surface area contributed by atoms with Crippen molar-refractivity contribution in [3.8, 4) is 0 Å². The Kier molecular flexibility index (Phi) is 1.99. The van der Waals surface area contributed by atoms with Crippen molar-refractivity contribution in [2.75, 3.05) is 0 Å². The zero-order chi connectivity index (χ0) is 10.3. The average molecular weight is 266 g/mol. The van der Waals surface area contributed by atoms with Gasteiger partial charge >= 0.3 is 6.18 Å². The van der Waals surface area contributed by atoms with E-state index in [1.54, 1.807) is 0 Å². The van der Waals surface area contributed by atoms with E-state index in [1.165, 1.54) is 22.9 Å². The van der Waals surface area contributed by atoms with Crippen LogP contribution in [0.3, 0.4) is 0 Å². The van der Waals surface area contributed by atoms with Gasteiger partial charge in [0.1, 0.15) is 4.60 Å². The zero-order valence-electron chi connectivity index (χ0n) is 6.59. The van der Waals surface area contributed by atoms with Crippen molar-refractivity contribution >= 4 is 21.7 Å². The number of hydrogen-bond acceptors (Lipinski definition) is 2. The second-order valence-electron chi connectivity index (χ2n) is 2.54. The minimum absolute atomic E-state index is 0.0201. The summed E-state index contributed by atoms with van der Waals surface area (Å²) in [6.45, 7) is 0. The lowest BCUT2D eigenvalue weighted by Crippen LogP contribution is -2.06. The van der Waals surface area contributed by atoms with E-state index in [-0.39, 0.29) is 10.4 Å². The zero-order valence-corrected chi connectivity index (χ0v) is 8.17. The Bertz CT molecular complexity index is 476. The molecule has 7 heteroatoms. The lowest BCUT2D eigenvalue weighted by Gasteiger charge is -2.01. The monoisotopic (exact) mass is 265 g/mol. The van der Waals surface area contributed by atoms with Crippen molar-refractivity contribution < 1.29 is 13.2 Å². The molecule has 0 saturated heterocycles. The smallest absolute Gasteiger partial charge is 0.277 e. The molecule has 0 saturated carbocycles. The molecule has 0 aliphatic rings. The maximum atomic E-state index is 12.4. The summed E-state index contributed by atoms with van der Waals surface area (Å²) >= 11 is 2.83. The Labute approximate surface area is 84.7 Å². The third-order valence-electron chi connectivity index (χ3n) is 1.61. The number of imidazole rings is 1. The predicted octanol–water partition coefficient (Wildman–Crippen LogP) is 2.51. The molecular formula is C7H3BrF3N3. The standard InChI is InChI=1S/C7H3BrF3N3/c8-5-4(7(9,10)11)13-6-12-2-1-3-14(5)6/h1-3H. The Hall–Kier alpha value is -1.11. The van der Waals surface area contributed by atoms with Gasteiger partial charge in [0.15, 0.2) is 5.69 Å². The second-order valence-corrected chi connectivity index (χ2v) is 3.29. The quantitative estimate of drug-likeness (QED) is 0.733. The van der Waals surface area contributed by atoms with Gasteiger partial charge < -0.3 is 0 Å². The molecule has 0 aliphatic carbocycles. The first kappa shape index (κ1) is 9.45. The molecule has 0 amide bonds. The molecule has 0 fully saturated rings. The average Bonchev–Trinajstić information content (AvgIpc) is 2.44. The molecule has 2 aromatic rings. The number of hydrogen-bond donors (Lipinski definition) is 0. The Morgan fingerprint density at radius 3 is 2.64 bits per heavy atom. The molecule has 0 radical (unpaired) electrons. The van der Waals surface area contributed by atoms with Crippen molar-refractivity contribution in [3.05, 3.63) is 28.8 Å². The Balaban J connectivity index is 2.75. The van der Waals surface area contributed by atoms with Gasteiger partial charge in [-0.25, -0.2) is 9.97 Å². The topological polar surface area (TPSA) is 30.2 Å². The van der Waals surface area contributed by atoms with E-state index in [0.29, 0.717) is 0 Å². The van der Waals surface area contributed by atoms with E-state index < -0.39 is 11.9 Å². The van der Waals surface area contributed by atoms with E-state index in [9.17, 15) is 13.2 Å². The molecular weight excluding hydrogens is 263 g/mol. The highest BCUT2D eigenvalue weighted by Crippen LogP contribution is 2.33. The summed E-state index contributed by atoms with van der Waals surface area (Å²) in [5, 5.41) is 0. The summed E-state index contributed by atoms with van der Waals surface area (Å²) in [7, 11) is 0. The maximum Gasteiger partial charge on any atom is 0.436 e. The Morgan fingerprint density at radius 1 is 1.36 bits per heavy atom. The molecule has 2 aromatic heterocycles. The van der Waals surface area contributed by atoms with Gasteiger partial charge in [-0.05, 0) is 22.0 Å². The number of fused-ring (bicyclic) bond motifs is 1. The summed E-state index contributed by atoms with van der Waals surface area (Å²) < 4.78 is 38.2. The van der Waals surface area contributed by atoms with Gasteiger partial charge in [0.25, 0.3) is 0 Å². The normalized spacial score (nSPS) is 12.3. The van der Waals surface area contributed by atoms with Gasteiger partial charge in [0.2, 0.25) is 5.78 Å². The molecule has 0 atom stereocenters. The third kappa shape index (κ3) is 1.37. The number of nitrogens with zero attached hydrogens (tertiary/aromatic N) is 3. The highest BCUT2D eigenvalue weighted by atomic mass is 79.9. The van der Waals surface area contributed by atoms with Gasteiger partial charge in [0, 0.05) is 12.4 Å². The van der Waals surface area contributed by atoms with Crippen molar-refractivity contribution in [1.29, 1.82) is 0 Å². The first-order chi connectivity index (χ1) is 6.50. The van der Waals surface area contributed by atoms with Crippen LogP contribution in [0.2, 0.25) is 0 Å². The molecule has 2 rings (SSSR count). The predicted molar refractivity (Wildman–Crippen MR) is 45.7 cm³/mol. The number of aromatic nitrogens is 3. The van der Waals surface area contributed by atoms with Gasteiger partial charge in [-0.3, -0.25) is 4.40 Å². The van der Waals surface area contributed by atoms with E-state index in [4.69, 9.17) is 0 Å². The largest absolute Gasteiger partial charge is 0.436 e. The van der Waals surface area contributed by atoms with Gasteiger partial charge in [-0.15, -0.1) is 0 Å². The summed E-state index contributed by atoms with van der Waals surface area (Å²) in [6.07, 6.45) is -1.63. The molecule has 0 aliphatic heterocycles. The van der Waals surface area contributed by atoms with Crippen molar-refractivity contribution in [1.82, 2.24) is 14.4 Å². The van der Waals surface area contributed by atoms with Crippen LogP contribution in [0.15, 0.2) is 23.1 Å². The molecule has 0 aromatic carbocycles. The van der Waals surface area contributed by atoms with Gasteiger partial charge in [-0.2, -0.15) is 13.2 Å². The summed E-state index contributed by atoms with van der Waals surface area (Å²) in [5.41, 5.74) is -0.962. The lowest BCUT2D eigenvalue weighted by atomic mass is 10.5. The molecule has 0 unspecified atom stereocenters. The first-order valence-corrected chi connectivity index (χ1v) is 4.35. The van der Waals surface area contributed by atoms with Crippen LogP contribution in [0.25, 0.3) is 5.78 Å². The van der Waals surface area contributed by atoms with Crippen LogP contribution in [0.5, 0.6) is 0 Å². The van der Waals surface area contributed by atoms with Crippen molar-refractivity contribution in [3.63, 3.8) is 0 Å². The maximum absolute atomic E-state index is 12.4. The molecule has 3 nitrogen and oxygen atoms in total. The molecule has 74 valence electrons. The van der Waals surface area contributed by atoms with Crippen LogP contribution >= 0.6 is 15.9 Å². The minimum atomic E-state index is -4.47. The van der Waals surface area contributed by atoms with Crippen LogP contribution < -0.4 is 0 Å². The van der Waals surface area contributed by atoms with Crippen LogP contribution in [-0.2, 0) is 6.18 Å². The van der Waals surface area contributed by atoms with E-state index >= 15 is 0 Å². The molecule has 0 spiro atoms. The minimum Gasteiger partial charge on any atom is -0.277 e. The molecule has 14 heavy (non-hydrogen) atoms. The highest BCUT2D eigenvalue weighted by molar-refractivity contribution is 9.10. The fourth-order valence-corrected chi connectivity index (χ4v) is 1.63. The number of rotatable bonds is 0. The lowest BCUT2D eigenvalue weighted by molar-refractivity contribution is -0.141. The van der Waals surface area contributed by atoms with Gasteiger partial charge in [-0.1, -0.05) is 0 Å². The van der Waals surface area contributed by atoms with Crippen LogP contribution in [0.1, 0.15) is 5.69 Å². The number of alkyl halides is 3. The summed E-state index contributed by atoms with van der Waals surface area (Å²) in [4.78, 5) is 7.06. The highest BCUT2D eigenvalue weighted by Gasteiger charge is 2.37. The van der Waals surface area contributed by atoms with Crippen molar-refractivity contribution in [2.45, 2.75) is 6.18 Å². The summed E-state index contributed by atoms with van der Waals surface area (Å²) in [6, 6.07) is 1.53. The SMILES string of the molecule is FC(F)(F)c1nc2ncccn2c1Br. The van der Waals surface area contributed by atoms with Crippen LogP contribution in [0.4, 0.5) is 13.2 Å². The molecule has 0 N–H and O–H groups in total. The molecule has 2 heterocycles. The molecule has 0 bridgehead atoms. The Morgan fingerprint density at radius 2 is 2.07 bits per heavy atom. The third-order valence-corrected chi connectivity index (χ3v) is 2.37. The number of halogens is 4. The van der Waals surface area contributed by atoms with Crippen LogP contribution in [-0.4, -0.2) is 14.4 Å². The van der Waals surface area contributed by atoms with Crippen molar-refractivity contribution in [2.24, 2.45) is 0 Å². The van der Waals surface area contributed by atoms with Gasteiger partial charge in [0.05, 0.1) is 0 Å².